The van der Waals surface area contributed by atoms with E-state index >= 15 is 0 Å². The molecule has 1 saturated carbocycles. The van der Waals surface area contributed by atoms with Crippen LogP contribution in [-0.2, 0) is 4.79 Å². The number of hydrogen-bond acceptors (Lipinski definition) is 2. The molecule has 2 rings (SSSR count). The number of Topliss-reactive ketones (excluding diaryl/α,β-unsaturated/α-hetero) is 1. The number of carbonyl (C=O) groups is 2. The van der Waals surface area contributed by atoms with E-state index < -0.39 is 5.97 Å². The number of benzene rings is 1. The molecule has 1 aromatic carbocycles. The van der Waals surface area contributed by atoms with E-state index in [4.69, 9.17) is 5.11 Å². The second-order valence-electron chi connectivity index (χ2n) is 6.22. The number of hydrogen-bond donors (Lipinski definition) is 1. The van der Waals surface area contributed by atoms with Gasteiger partial charge in [0.25, 0.3) is 0 Å². The average molecular weight is 286 g/mol. The predicted octanol–water partition coefficient (Wildman–Crippen LogP) is 4.04. The fourth-order valence-electron chi connectivity index (χ4n) is 2.92. The van der Waals surface area contributed by atoms with Crippen molar-refractivity contribution in [2.24, 2.45) is 17.8 Å². The summed E-state index contributed by atoms with van der Waals surface area (Å²) in [5, 5.41) is 8.91. The average Bonchev–Trinajstić information content (AvgIpc) is 2.43. The summed E-state index contributed by atoms with van der Waals surface area (Å²) in [5.41, 5.74) is 2.03. The third-order valence-electron chi connectivity index (χ3n) is 4.35. The molecule has 0 radical (unpaired) electrons. The van der Waals surface area contributed by atoms with Gasteiger partial charge in [0.2, 0.25) is 0 Å². The molecule has 0 saturated heterocycles. The van der Waals surface area contributed by atoms with Gasteiger partial charge in [-0.2, -0.15) is 0 Å². The fourth-order valence-corrected chi connectivity index (χ4v) is 2.92. The molecular formula is C18H22O3. The number of ketones is 1. The first-order valence-electron chi connectivity index (χ1n) is 7.49. The Bertz CT molecular complexity index is 567. The number of carboxylic acid groups (broad SMARTS) is 1. The lowest BCUT2D eigenvalue weighted by Crippen LogP contribution is -2.30. The highest BCUT2D eigenvalue weighted by molar-refractivity contribution is 6.02. The zero-order valence-corrected chi connectivity index (χ0v) is 12.8. The largest absolute Gasteiger partial charge is 0.478 e. The van der Waals surface area contributed by atoms with Gasteiger partial charge in [-0.05, 0) is 54.0 Å². The summed E-state index contributed by atoms with van der Waals surface area (Å²) < 4.78 is 0. The Hall–Kier alpha value is -1.90. The maximum Gasteiger partial charge on any atom is 0.335 e. The van der Waals surface area contributed by atoms with Crippen molar-refractivity contribution >= 4 is 17.8 Å². The van der Waals surface area contributed by atoms with Crippen molar-refractivity contribution in [1.82, 2.24) is 0 Å². The van der Waals surface area contributed by atoms with Crippen LogP contribution in [0.5, 0.6) is 0 Å². The van der Waals surface area contributed by atoms with E-state index in [-0.39, 0.29) is 23.2 Å². The second-order valence-corrected chi connectivity index (χ2v) is 6.22. The second kappa shape index (κ2) is 6.25. The van der Waals surface area contributed by atoms with Gasteiger partial charge in [-0.25, -0.2) is 4.79 Å². The molecule has 112 valence electrons. The highest BCUT2D eigenvalue weighted by Crippen LogP contribution is 2.35. The van der Waals surface area contributed by atoms with E-state index in [9.17, 15) is 9.59 Å². The zero-order valence-electron chi connectivity index (χ0n) is 12.8. The Morgan fingerprint density at radius 3 is 2.38 bits per heavy atom. The maximum absolute atomic E-state index is 12.6. The minimum absolute atomic E-state index is 0.116. The molecule has 1 N–H and O–H groups in total. The highest BCUT2D eigenvalue weighted by Gasteiger charge is 2.32. The van der Waals surface area contributed by atoms with E-state index in [1.54, 1.807) is 24.3 Å². The molecule has 1 aromatic rings. The molecule has 0 heterocycles. The van der Waals surface area contributed by atoms with Gasteiger partial charge in [-0.1, -0.05) is 32.9 Å². The summed E-state index contributed by atoms with van der Waals surface area (Å²) in [6.07, 6.45) is 3.92. The molecule has 1 aliphatic carbocycles. The van der Waals surface area contributed by atoms with E-state index in [1.165, 1.54) is 0 Å². The topological polar surface area (TPSA) is 54.4 Å². The number of allylic oxidation sites excluding steroid dienone is 1. The van der Waals surface area contributed by atoms with Gasteiger partial charge in [0.1, 0.15) is 0 Å². The van der Waals surface area contributed by atoms with Crippen LogP contribution in [-0.4, -0.2) is 16.9 Å². The van der Waals surface area contributed by atoms with Crippen LogP contribution in [0, 0.1) is 17.8 Å². The van der Waals surface area contributed by atoms with E-state index in [0.29, 0.717) is 5.92 Å². The third-order valence-corrected chi connectivity index (χ3v) is 4.35. The Morgan fingerprint density at radius 2 is 1.86 bits per heavy atom. The zero-order chi connectivity index (χ0) is 15.6. The molecule has 1 aliphatic rings. The standard InChI is InChI=1S/C18H22O3/c1-11(2)15-9-4-12(3)16(17(15)19)10-13-5-7-14(8-6-13)18(20)21/h5-8,10-12,15H,4,9H2,1-3H3,(H,20,21)/t12-,15+/m1/s1. The molecule has 0 aromatic heterocycles. The lowest BCUT2D eigenvalue weighted by Gasteiger charge is -2.30. The van der Waals surface area contributed by atoms with Crippen LogP contribution in [0.25, 0.3) is 6.08 Å². The van der Waals surface area contributed by atoms with Gasteiger partial charge in [0.05, 0.1) is 5.56 Å². The van der Waals surface area contributed by atoms with Crippen molar-refractivity contribution < 1.29 is 14.7 Å². The molecule has 1 fully saturated rings. The van der Waals surface area contributed by atoms with E-state index in [0.717, 1.165) is 24.0 Å². The molecule has 2 atom stereocenters. The van der Waals surface area contributed by atoms with Gasteiger partial charge in [-0.15, -0.1) is 0 Å². The first-order valence-corrected chi connectivity index (χ1v) is 7.49. The lowest BCUT2D eigenvalue weighted by atomic mass is 9.73. The molecule has 3 heteroatoms. The predicted molar refractivity (Wildman–Crippen MR) is 83.1 cm³/mol. The Labute approximate surface area is 125 Å². The van der Waals surface area contributed by atoms with Crippen LogP contribution in [0.15, 0.2) is 29.8 Å². The molecule has 0 aliphatic heterocycles. The maximum atomic E-state index is 12.6. The van der Waals surface area contributed by atoms with Crippen molar-refractivity contribution in [3.05, 3.63) is 41.0 Å². The minimum Gasteiger partial charge on any atom is -0.478 e. The van der Waals surface area contributed by atoms with Crippen molar-refractivity contribution in [2.75, 3.05) is 0 Å². The summed E-state index contributed by atoms with van der Waals surface area (Å²) in [6.45, 7) is 6.28. The normalized spacial score (nSPS) is 24.6. The number of carboxylic acids is 1. The quantitative estimate of drug-likeness (QED) is 0.853. The summed E-state index contributed by atoms with van der Waals surface area (Å²) in [5.74, 6) is 0.0717. The van der Waals surface area contributed by atoms with Crippen molar-refractivity contribution in [3.8, 4) is 0 Å². The Balaban J connectivity index is 2.28. The number of aromatic carboxylic acids is 1. The van der Waals surface area contributed by atoms with E-state index in [1.807, 2.05) is 6.08 Å². The van der Waals surface area contributed by atoms with Crippen LogP contribution < -0.4 is 0 Å². The Morgan fingerprint density at radius 1 is 1.24 bits per heavy atom. The van der Waals surface area contributed by atoms with Gasteiger partial charge in [0.15, 0.2) is 5.78 Å². The van der Waals surface area contributed by atoms with Gasteiger partial charge in [0, 0.05) is 5.92 Å². The monoisotopic (exact) mass is 286 g/mol. The van der Waals surface area contributed by atoms with Gasteiger partial charge < -0.3 is 5.11 Å². The van der Waals surface area contributed by atoms with Crippen molar-refractivity contribution in [3.63, 3.8) is 0 Å². The summed E-state index contributed by atoms with van der Waals surface area (Å²) >= 11 is 0. The first kappa shape index (κ1) is 15.5. The van der Waals surface area contributed by atoms with E-state index in [2.05, 4.69) is 20.8 Å². The highest BCUT2D eigenvalue weighted by atomic mass is 16.4. The molecule has 21 heavy (non-hydrogen) atoms. The SMILES string of the molecule is CC(C)[C@@H]1CC[C@@H](C)C(=Cc2ccc(C(=O)O)cc2)C1=O. The minimum atomic E-state index is -0.934. The molecular weight excluding hydrogens is 264 g/mol. The fraction of sp³-hybridized carbons (Fsp3) is 0.444. The number of rotatable bonds is 3. The first-order chi connectivity index (χ1) is 9.90. The van der Waals surface area contributed by atoms with Crippen LogP contribution in [0.2, 0.25) is 0 Å². The Kier molecular flexibility index (Phi) is 4.61. The van der Waals surface area contributed by atoms with Crippen molar-refractivity contribution in [2.45, 2.75) is 33.6 Å². The van der Waals surface area contributed by atoms with Crippen LogP contribution >= 0.6 is 0 Å². The summed E-state index contributed by atoms with van der Waals surface area (Å²) in [4.78, 5) is 23.4. The third kappa shape index (κ3) is 3.41. The van der Waals surface area contributed by atoms with Crippen LogP contribution in [0.4, 0.5) is 0 Å². The smallest absolute Gasteiger partial charge is 0.335 e. The molecule has 0 bridgehead atoms. The van der Waals surface area contributed by atoms with Gasteiger partial charge in [-0.3, -0.25) is 4.79 Å². The summed E-state index contributed by atoms with van der Waals surface area (Å²) in [6, 6.07) is 6.67. The number of carbonyl (C=O) groups excluding carboxylic acids is 1. The summed E-state index contributed by atoms with van der Waals surface area (Å²) in [7, 11) is 0. The molecule has 0 spiro atoms. The van der Waals surface area contributed by atoms with Crippen LogP contribution in [0.3, 0.4) is 0 Å². The lowest BCUT2D eigenvalue weighted by molar-refractivity contribution is -0.122. The van der Waals surface area contributed by atoms with Crippen LogP contribution in [0.1, 0.15) is 49.5 Å². The van der Waals surface area contributed by atoms with Crippen molar-refractivity contribution in [1.29, 1.82) is 0 Å². The molecule has 0 unspecified atom stereocenters. The van der Waals surface area contributed by atoms with Gasteiger partial charge >= 0.3 is 5.97 Å². The molecule has 0 amide bonds. The molecule has 3 nitrogen and oxygen atoms in total.